The topological polar surface area (TPSA) is 74.3 Å². The number of hydrogen-bond donors (Lipinski definition) is 0. The van der Waals surface area contributed by atoms with E-state index >= 15 is 0 Å². The van der Waals surface area contributed by atoms with Gasteiger partial charge in [0.2, 0.25) is 12.5 Å². The van der Waals surface area contributed by atoms with E-state index in [1.807, 2.05) is 24.3 Å². The average molecular weight is 657 g/mol. The van der Waals surface area contributed by atoms with Gasteiger partial charge in [0, 0.05) is 30.0 Å². The summed E-state index contributed by atoms with van der Waals surface area (Å²) in [6.45, 7) is 5.53. The maximum Gasteiger partial charge on any atom is 0.341 e. The molecule has 3 aromatic rings. The Balaban J connectivity index is 2.17. The Morgan fingerprint density at radius 3 is 1.64 bits per heavy atom. The summed E-state index contributed by atoms with van der Waals surface area (Å²) in [5.41, 5.74) is 1.76. The molecule has 0 heterocycles. The first kappa shape index (κ1) is 34.0. The van der Waals surface area contributed by atoms with Crippen LogP contribution in [0.3, 0.4) is 0 Å². The summed E-state index contributed by atoms with van der Waals surface area (Å²) in [5, 5.41) is 0.942. The average Bonchev–Trinajstić information content (AvgIpc) is 2.98. The maximum absolute atomic E-state index is 13.5. The van der Waals surface area contributed by atoms with Crippen molar-refractivity contribution in [2.45, 2.75) is 58.3 Å². The highest BCUT2D eigenvalue weighted by Gasteiger charge is 2.40. The first-order chi connectivity index (χ1) is 20.0. The molecule has 0 aliphatic heterocycles. The summed E-state index contributed by atoms with van der Waals surface area (Å²) in [7, 11) is 2.96. The number of rotatable bonds is 13. The lowest BCUT2D eigenvalue weighted by Crippen LogP contribution is -2.56. The number of hydrogen-bond acceptors (Lipinski definition) is 7. The smallest absolute Gasteiger partial charge is 0.341 e. The van der Waals surface area contributed by atoms with E-state index < -0.39 is 36.6 Å². The first-order valence-electron chi connectivity index (χ1n) is 13.3. The molecule has 0 aliphatic carbocycles. The van der Waals surface area contributed by atoms with Crippen molar-refractivity contribution >= 4 is 64.0 Å². The van der Waals surface area contributed by atoms with Crippen LogP contribution in [0.15, 0.2) is 60.7 Å². The van der Waals surface area contributed by atoms with Gasteiger partial charge in [-0.3, -0.25) is 4.90 Å². The van der Waals surface area contributed by atoms with Gasteiger partial charge in [0.05, 0.1) is 21.2 Å². The van der Waals surface area contributed by atoms with Crippen molar-refractivity contribution in [3.8, 4) is 0 Å². The quantitative estimate of drug-likeness (QED) is 0.135. The molecule has 0 spiro atoms. The van der Waals surface area contributed by atoms with Crippen LogP contribution in [-0.4, -0.2) is 50.8 Å². The molecule has 42 heavy (non-hydrogen) atoms. The van der Waals surface area contributed by atoms with Crippen molar-refractivity contribution < 1.29 is 28.5 Å². The van der Waals surface area contributed by atoms with Gasteiger partial charge in [-0.05, 0) is 74.4 Å². The Morgan fingerprint density at radius 2 is 1.21 bits per heavy atom. The molecule has 0 aromatic heterocycles. The van der Waals surface area contributed by atoms with Crippen molar-refractivity contribution in [1.29, 1.82) is 0 Å². The SMILES string of the molecule is CCCc1cccc(N(C(OC(=O)c2cc(Cl)ccc2Cl)C(C)OC)C(OC(=O)c2cc(Cl)ccc2Cl)C(C)OC)c1. The predicted octanol–water partition coefficient (Wildman–Crippen LogP) is 8.50. The minimum absolute atomic E-state index is 0.0659. The molecule has 0 saturated heterocycles. The number of esters is 2. The molecule has 0 bridgehead atoms. The Kier molecular flexibility index (Phi) is 12.8. The molecular formula is C31H33Cl4NO6. The summed E-state index contributed by atoms with van der Waals surface area (Å²) in [5.74, 6) is -1.50. The Labute approximate surface area is 266 Å². The zero-order valence-electron chi connectivity index (χ0n) is 23.9. The van der Waals surface area contributed by atoms with E-state index in [0.717, 1.165) is 18.4 Å². The van der Waals surface area contributed by atoms with Gasteiger partial charge in [0.15, 0.2) is 0 Å². The molecule has 0 radical (unpaired) electrons. The Morgan fingerprint density at radius 1 is 0.738 bits per heavy atom. The molecule has 4 atom stereocenters. The lowest BCUT2D eigenvalue weighted by Gasteiger charge is -2.42. The van der Waals surface area contributed by atoms with Crippen molar-refractivity contribution in [3.63, 3.8) is 0 Å². The second-order valence-electron chi connectivity index (χ2n) is 9.55. The van der Waals surface area contributed by atoms with Gasteiger partial charge >= 0.3 is 11.9 Å². The molecule has 0 aliphatic rings. The van der Waals surface area contributed by atoms with E-state index in [2.05, 4.69) is 6.92 Å². The van der Waals surface area contributed by atoms with Gasteiger partial charge in [-0.1, -0.05) is 71.9 Å². The van der Waals surface area contributed by atoms with Gasteiger partial charge in [-0.2, -0.15) is 0 Å². The fourth-order valence-corrected chi connectivity index (χ4v) is 4.98. The molecule has 4 unspecified atom stereocenters. The summed E-state index contributed by atoms with van der Waals surface area (Å²) >= 11 is 24.9. The van der Waals surface area contributed by atoms with Crippen molar-refractivity contribution in [3.05, 3.63) is 97.4 Å². The molecule has 7 nitrogen and oxygen atoms in total. The zero-order chi connectivity index (χ0) is 31.0. The fraction of sp³-hybridized carbons (Fsp3) is 0.355. The molecule has 0 N–H and O–H groups in total. The number of carbonyl (C=O) groups is 2. The van der Waals surface area contributed by atoms with Crippen LogP contribution in [0.25, 0.3) is 0 Å². The van der Waals surface area contributed by atoms with E-state index in [9.17, 15) is 9.59 Å². The molecular weight excluding hydrogens is 624 g/mol. The number of halogens is 4. The number of aryl methyl sites for hydroxylation is 1. The van der Waals surface area contributed by atoms with Crippen LogP contribution in [0, 0.1) is 0 Å². The Hall–Kier alpha value is -2.52. The van der Waals surface area contributed by atoms with Crippen LogP contribution in [0.2, 0.25) is 20.1 Å². The minimum atomic E-state index is -1.13. The molecule has 3 aromatic carbocycles. The largest absolute Gasteiger partial charge is 0.435 e. The van der Waals surface area contributed by atoms with E-state index in [4.69, 9.17) is 65.4 Å². The third-order valence-corrected chi connectivity index (χ3v) is 7.72. The maximum atomic E-state index is 13.5. The molecule has 226 valence electrons. The van der Waals surface area contributed by atoms with Crippen LogP contribution < -0.4 is 4.90 Å². The van der Waals surface area contributed by atoms with Gasteiger partial charge in [-0.25, -0.2) is 9.59 Å². The lowest BCUT2D eigenvalue weighted by molar-refractivity contribution is -0.0742. The summed E-state index contributed by atoms with van der Waals surface area (Å²) in [6.07, 6.45) is -1.99. The number of benzene rings is 3. The van der Waals surface area contributed by atoms with Crippen molar-refractivity contribution in [2.75, 3.05) is 19.1 Å². The summed E-state index contributed by atoms with van der Waals surface area (Å²) in [4.78, 5) is 28.7. The fourth-order valence-electron chi connectivity index (χ4n) is 4.24. The van der Waals surface area contributed by atoms with Crippen molar-refractivity contribution in [2.24, 2.45) is 0 Å². The second-order valence-corrected chi connectivity index (χ2v) is 11.2. The van der Waals surface area contributed by atoms with E-state index in [-0.39, 0.29) is 21.2 Å². The van der Waals surface area contributed by atoms with Crippen LogP contribution in [0.5, 0.6) is 0 Å². The second kappa shape index (κ2) is 15.8. The number of anilines is 1. The molecule has 0 fully saturated rings. The number of carbonyl (C=O) groups excluding carboxylic acids is 2. The Bertz CT molecular complexity index is 1310. The summed E-state index contributed by atoms with van der Waals surface area (Å²) < 4.78 is 23.5. The van der Waals surface area contributed by atoms with Crippen LogP contribution in [0.4, 0.5) is 5.69 Å². The van der Waals surface area contributed by atoms with Crippen LogP contribution in [0.1, 0.15) is 53.5 Å². The predicted molar refractivity (Wildman–Crippen MR) is 167 cm³/mol. The zero-order valence-corrected chi connectivity index (χ0v) is 26.9. The number of methoxy groups -OCH3 is 2. The van der Waals surface area contributed by atoms with Gasteiger partial charge in [-0.15, -0.1) is 0 Å². The highest BCUT2D eigenvalue weighted by molar-refractivity contribution is 6.36. The molecule has 0 saturated carbocycles. The van der Waals surface area contributed by atoms with Crippen molar-refractivity contribution in [1.82, 2.24) is 0 Å². The van der Waals surface area contributed by atoms with Gasteiger partial charge in [0.25, 0.3) is 0 Å². The third-order valence-electron chi connectivity index (χ3n) is 6.59. The first-order valence-corrected chi connectivity index (χ1v) is 14.8. The molecule has 3 rings (SSSR count). The monoisotopic (exact) mass is 655 g/mol. The van der Waals surface area contributed by atoms with Crippen LogP contribution >= 0.6 is 46.4 Å². The van der Waals surface area contributed by atoms with E-state index in [1.165, 1.54) is 38.5 Å². The summed E-state index contributed by atoms with van der Waals surface area (Å²) in [6, 6.07) is 16.6. The molecule has 0 amide bonds. The molecule has 11 heteroatoms. The van der Waals surface area contributed by atoms with E-state index in [0.29, 0.717) is 15.7 Å². The highest BCUT2D eigenvalue weighted by Crippen LogP contribution is 2.31. The highest BCUT2D eigenvalue weighted by atomic mass is 35.5. The lowest BCUT2D eigenvalue weighted by atomic mass is 10.1. The van der Waals surface area contributed by atoms with Crippen LogP contribution in [-0.2, 0) is 25.4 Å². The number of ether oxygens (including phenoxy) is 4. The number of nitrogens with zero attached hydrogens (tertiary/aromatic N) is 1. The van der Waals surface area contributed by atoms with Gasteiger partial charge in [0.1, 0.15) is 12.2 Å². The van der Waals surface area contributed by atoms with Gasteiger partial charge < -0.3 is 18.9 Å². The van der Waals surface area contributed by atoms with E-state index in [1.54, 1.807) is 30.9 Å². The normalized spacial score (nSPS) is 14.0. The minimum Gasteiger partial charge on any atom is -0.435 e. The third kappa shape index (κ3) is 8.53. The standard InChI is InChI=1S/C31H33Cl4NO6/c1-6-8-20-9-7-10-23(15-20)36(28(18(2)39-4)41-30(37)24-16-21(32)11-13-26(24)34)29(19(3)40-5)42-31(38)25-17-22(33)12-14-27(25)35/h7,9-19,28-29H,6,8H2,1-5H3.